The van der Waals surface area contributed by atoms with E-state index in [0.717, 1.165) is 45.3 Å². The number of aryl methyl sites for hydroxylation is 1. The molecule has 146 valence electrons. The topological polar surface area (TPSA) is 75.5 Å². The van der Waals surface area contributed by atoms with Crippen LogP contribution in [0.25, 0.3) is 0 Å². The minimum atomic E-state index is -3.17. The van der Waals surface area contributed by atoms with E-state index >= 15 is 0 Å². The maximum atomic E-state index is 12.4. The summed E-state index contributed by atoms with van der Waals surface area (Å²) < 4.78 is 28.4. The fourth-order valence-corrected chi connectivity index (χ4v) is 5.38. The van der Waals surface area contributed by atoms with Crippen LogP contribution in [0, 0.1) is 5.41 Å². The van der Waals surface area contributed by atoms with Crippen LogP contribution in [0.1, 0.15) is 46.0 Å². The zero-order valence-corrected chi connectivity index (χ0v) is 16.6. The molecule has 1 amide bonds. The van der Waals surface area contributed by atoms with Gasteiger partial charge in [0.05, 0.1) is 11.6 Å². The maximum absolute atomic E-state index is 12.4. The van der Waals surface area contributed by atoms with Crippen LogP contribution in [0.2, 0.25) is 0 Å². The van der Waals surface area contributed by atoms with Crippen LogP contribution in [0.3, 0.4) is 0 Å². The number of amides is 1. The maximum Gasteiger partial charge on any atom is 0.222 e. The van der Waals surface area contributed by atoms with Gasteiger partial charge in [-0.05, 0) is 44.9 Å². The Morgan fingerprint density at radius 3 is 2.54 bits per heavy atom. The molecule has 1 aromatic heterocycles. The van der Waals surface area contributed by atoms with E-state index in [9.17, 15) is 13.2 Å². The summed E-state index contributed by atoms with van der Waals surface area (Å²) in [4.78, 5) is 18.4. The van der Waals surface area contributed by atoms with Crippen molar-refractivity contribution in [3.63, 3.8) is 0 Å². The molecule has 8 heteroatoms. The molecule has 3 rings (SSSR count). The first-order valence-corrected chi connectivity index (χ1v) is 11.1. The van der Waals surface area contributed by atoms with Gasteiger partial charge in [0.1, 0.15) is 0 Å². The summed E-state index contributed by atoms with van der Waals surface area (Å²) in [6.45, 7) is 7.02. The summed E-state index contributed by atoms with van der Waals surface area (Å²) in [5.74, 6) is 0.235. The third kappa shape index (κ3) is 4.11. The van der Waals surface area contributed by atoms with Crippen molar-refractivity contribution in [3.8, 4) is 0 Å². The number of carbonyl (C=O) groups is 1. The standard InChI is InChI=1S/C18H30N4O3S/c1-16(2)26(24,25)22-11-6-18(7-12-22)5-4-17(23)21(14-18)10-3-9-20-13-8-19-15-20/h8,13,15-16H,3-7,9-12,14H2,1-2H3. The van der Waals surface area contributed by atoms with Crippen LogP contribution < -0.4 is 0 Å². The Labute approximate surface area is 156 Å². The highest BCUT2D eigenvalue weighted by Crippen LogP contribution is 2.41. The van der Waals surface area contributed by atoms with Gasteiger partial charge in [0.25, 0.3) is 0 Å². The second kappa shape index (κ2) is 7.68. The highest BCUT2D eigenvalue weighted by Gasteiger charge is 2.43. The lowest BCUT2D eigenvalue weighted by Crippen LogP contribution is -2.53. The minimum absolute atomic E-state index is 0.0892. The molecule has 2 aliphatic heterocycles. The molecule has 0 N–H and O–H groups in total. The molecule has 0 unspecified atom stereocenters. The average molecular weight is 383 g/mol. The van der Waals surface area contributed by atoms with Crippen molar-refractivity contribution < 1.29 is 13.2 Å². The van der Waals surface area contributed by atoms with Gasteiger partial charge in [-0.15, -0.1) is 0 Å². The van der Waals surface area contributed by atoms with E-state index in [1.807, 2.05) is 15.7 Å². The Morgan fingerprint density at radius 1 is 1.19 bits per heavy atom. The van der Waals surface area contributed by atoms with Crippen molar-refractivity contribution in [1.29, 1.82) is 0 Å². The zero-order chi connectivity index (χ0) is 18.8. The van der Waals surface area contributed by atoms with Crippen molar-refractivity contribution >= 4 is 15.9 Å². The SMILES string of the molecule is CC(C)S(=O)(=O)N1CCC2(CCC(=O)N(CCCn3ccnc3)C2)CC1. The first-order valence-electron chi connectivity index (χ1n) is 9.55. The van der Waals surface area contributed by atoms with Crippen molar-refractivity contribution in [2.45, 2.75) is 57.7 Å². The molecule has 7 nitrogen and oxygen atoms in total. The van der Waals surface area contributed by atoms with Crippen LogP contribution >= 0.6 is 0 Å². The smallest absolute Gasteiger partial charge is 0.222 e. The molecule has 0 bridgehead atoms. The fraction of sp³-hybridized carbons (Fsp3) is 0.778. The van der Waals surface area contributed by atoms with Gasteiger partial charge in [-0.2, -0.15) is 0 Å². The van der Waals surface area contributed by atoms with E-state index in [2.05, 4.69) is 4.98 Å². The molecule has 3 heterocycles. The lowest BCUT2D eigenvalue weighted by molar-refractivity contribution is -0.138. The summed E-state index contributed by atoms with van der Waals surface area (Å²) in [7, 11) is -3.17. The number of carbonyl (C=O) groups excluding carboxylic acids is 1. The van der Waals surface area contributed by atoms with Crippen molar-refractivity contribution in [2.75, 3.05) is 26.2 Å². The Hall–Kier alpha value is -1.41. The summed E-state index contributed by atoms with van der Waals surface area (Å²) in [5, 5.41) is -0.371. The number of piperidine rings is 2. The Balaban J connectivity index is 1.55. The second-order valence-corrected chi connectivity index (χ2v) is 10.5. The van der Waals surface area contributed by atoms with Gasteiger partial charge < -0.3 is 9.47 Å². The number of nitrogens with zero attached hydrogens (tertiary/aromatic N) is 4. The quantitative estimate of drug-likeness (QED) is 0.751. The van der Waals surface area contributed by atoms with Gasteiger partial charge in [0.15, 0.2) is 0 Å². The summed E-state index contributed by atoms with van der Waals surface area (Å²) in [6.07, 6.45) is 9.58. The molecule has 1 aromatic rings. The number of imidazole rings is 1. The van der Waals surface area contributed by atoms with E-state index < -0.39 is 10.0 Å². The first-order chi connectivity index (χ1) is 12.3. The Bertz CT molecular complexity index is 707. The molecule has 0 saturated carbocycles. The predicted octanol–water partition coefficient (Wildman–Crippen LogP) is 1.72. The van der Waals surface area contributed by atoms with Gasteiger partial charge in [-0.25, -0.2) is 17.7 Å². The summed E-state index contributed by atoms with van der Waals surface area (Å²) in [6, 6.07) is 0. The van der Waals surface area contributed by atoms with Crippen molar-refractivity contribution in [1.82, 2.24) is 18.8 Å². The highest BCUT2D eigenvalue weighted by molar-refractivity contribution is 7.89. The molecule has 2 fully saturated rings. The normalized spacial score (nSPS) is 21.7. The third-order valence-electron chi connectivity index (χ3n) is 5.89. The molecule has 2 aliphatic rings. The van der Waals surface area contributed by atoms with Crippen molar-refractivity contribution in [2.24, 2.45) is 5.41 Å². The third-order valence-corrected chi connectivity index (χ3v) is 8.17. The molecular formula is C18H30N4O3S. The van der Waals surface area contributed by atoms with E-state index in [1.54, 1.807) is 30.7 Å². The van der Waals surface area contributed by atoms with Crippen LogP contribution in [-0.4, -0.2) is 64.5 Å². The lowest BCUT2D eigenvalue weighted by atomic mass is 9.72. The predicted molar refractivity (Wildman–Crippen MR) is 100.0 cm³/mol. The molecule has 0 aromatic carbocycles. The lowest BCUT2D eigenvalue weighted by Gasteiger charge is -2.47. The fourth-order valence-electron chi connectivity index (χ4n) is 4.09. The largest absolute Gasteiger partial charge is 0.342 e. The minimum Gasteiger partial charge on any atom is -0.342 e. The van der Waals surface area contributed by atoms with E-state index in [4.69, 9.17) is 0 Å². The monoisotopic (exact) mass is 382 g/mol. The molecule has 26 heavy (non-hydrogen) atoms. The highest BCUT2D eigenvalue weighted by atomic mass is 32.2. The zero-order valence-electron chi connectivity index (χ0n) is 15.8. The molecule has 1 spiro atoms. The summed E-state index contributed by atoms with van der Waals surface area (Å²) >= 11 is 0. The van der Waals surface area contributed by atoms with Crippen LogP contribution in [0.15, 0.2) is 18.7 Å². The number of rotatable bonds is 6. The molecule has 0 aliphatic carbocycles. The summed E-state index contributed by atoms with van der Waals surface area (Å²) in [5.41, 5.74) is 0.0892. The molecule has 0 atom stereocenters. The van der Waals surface area contributed by atoms with Crippen LogP contribution in [-0.2, 0) is 21.4 Å². The molecule has 2 saturated heterocycles. The van der Waals surface area contributed by atoms with E-state index in [0.29, 0.717) is 19.5 Å². The Kier molecular flexibility index (Phi) is 5.72. The number of aromatic nitrogens is 2. The number of likely N-dealkylation sites (tertiary alicyclic amines) is 1. The molecule has 0 radical (unpaired) electrons. The van der Waals surface area contributed by atoms with Gasteiger partial charge in [0.2, 0.25) is 15.9 Å². The van der Waals surface area contributed by atoms with E-state index in [1.165, 1.54) is 0 Å². The first kappa shape index (κ1) is 19.4. The van der Waals surface area contributed by atoms with Gasteiger partial charge >= 0.3 is 0 Å². The van der Waals surface area contributed by atoms with Gasteiger partial charge in [0, 0.05) is 51.5 Å². The number of hydrogen-bond acceptors (Lipinski definition) is 4. The van der Waals surface area contributed by atoms with Crippen LogP contribution in [0.5, 0.6) is 0 Å². The second-order valence-electron chi connectivity index (χ2n) is 7.96. The van der Waals surface area contributed by atoms with Crippen molar-refractivity contribution in [3.05, 3.63) is 18.7 Å². The number of hydrogen-bond donors (Lipinski definition) is 0. The van der Waals surface area contributed by atoms with Gasteiger partial charge in [-0.3, -0.25) is 4.79 Å². The van der Waals surface area contributed by atoms with E-state index in [-0.39, 0.29) is 16.6 Å². The van der Waals surface area contributed by atoms with Crippen LogP contribution in [0.4, 0.5) is 0 Å². The van der Waals surface area contributed by atoms with Gasteiger partial charge in [-0.1, -0.05) is 0 Å². The average Bonchev–Trinajstić information content (AvgIpc) is 3.12. The number of sulfonamides is 1. The Morgan fingerprint density at radius 2 is 1.92 bits per heavy atom. The molecular weight excluding hydrogens is 352 g/mol.